The number of sulfonamides is 1. The first-order valence-electron chi connectivity index (χ1n) is 14.0. The molecule has 0 saturated heterocycles. The molecule has 3 heterocycles. The van der Waals surface area contributed by atoms with E-state index < -0.39 is 37.6 Å². The monoisotopic (exact) mass is 939 g/mol. The molecule has 5 rings (SSSR count). The molecule has 0 atom stereocenters. The number of anilines is 2. The van der Waals surface area contributed by atoms with Gasteiger partial charge in [0.2, 0.25) is 27.5 Å². The van der Waals surface area contributed by atoms with Gasteiger partial charge in [-0.05, 0) is 95.3 Å². The number of primary sulfonamides is 1. The fourth-order valence-electron chi connectivity index (χ4n) is 3.83. The van der Waals surface area contributed by atoms with Crippen LogP contribution in [0.25, 0.3) is 17.2 Å². The molecule has 10 N–H and O–H groups in total. The summed E-state index contributed by atoms with van der Waals surface area (Å²) in [5.74, 6) is -1.97. The summed E-state index contributed by atoms with van der Waals surface area (Å²) in [6.45, 7) is 0.287. The third-order valence-corrected chi connectivity index (χ3v) is 8.73. The zero-order valence-corrected chi connectivity index (χ0v) is 34.1. The second-order valence-corrected chi connectivity index (χ2v) is 14.6. The number of hydroxylamine groups is 1. The van der Waals surface area contributed by atoms with Crippen LogP contribution in [0.5, 0.6) is 0 Å². The van der Waals surface area contributed by atoms with Crippen molar-refractivity contribution in [3.8, 4) is 17.2 Å². The molecule has 30 heteroatoms. The fourth-order valence-corrected chi connectivity index (χ4v) is 5.50. The number of aliphatic imine (C=N–C) groups is 1. The van der Waals surface area contributed by atoms with Gasteiger partial charge >= 0.3 is 35.3 Å². The molecule has 3 aromatic heterocycles. The van der Waals surface area contributed by atoms with Gasteiger partial charge in [-0.2, -0.15) is 8.42 Å². The number of nitrogens with two attached hydrogens (primary N) is 2. The van der Waals surface area contributed by atoms with Crippen molar-refractivity contribution in [1.82, 2.24) is 40.6 Å². The minimum absolute atomic E-state index is 0. The first-order chi connectivity index (χ1) is 24.6. The molecule has 2 aromatic carbocycles. The Kier molecular flexibility index (Phi) is 17.9. The maximum absolute atomic E-state index is 13.5. The largest absolute Gasteiger partial charge is 1.00 e. The van der Waals surface area contributed by atoms with Crippen LogP contribution in [0.4, 0.5) is 26.1 Å². The topological polar surface area (TPSA) is 357 Å². The summed E-state index contributed by atoms with van der Waals surface area (Å²) in [5, 5.41) is 42.8. The average molecular weight is 941 g/mol. The molecule has 288 valence electrons. The standard InChI is InChI=1S/C13H12BrFN6O5S.C11H13BrFN7O4S.Na.H2O/c14-8-6-7(2-3-9(8)15)21-12(20-25-13(21)22)10-11(19-26-18-10)17-4-1-5-27(16,23)24;12-7-5-6(1-2-8(7)13)17-11(18-21)9-10(20-24-19-9)15-3-4-16-25(14,22)23;;/h2-3,6H,1,4-5H2,(H,17,19)(H2,16,23,24);1-2,5,16,21H,3-4H2,(H,15,20)(H,17,18)(H2,14,22,23);;1H2/q;;+1;/p-1. The van der Waals surface area contributed by atoms with Crippen LogP contribution >= 0.6 is 31.9 Å². The number of hydrogen-bond acceptors (Lipinski definition) is 18. The summed E-state index contributed by atoms with van der Waals surface area (Å²) >= 11 is 6.07. The molecule has 0 fully saturated rings. The summed E-state index contributed by atoms with van der Waals surface area (Å²) in [4.78, 5) is 16.1. The van der Waals surface area contributed by atoms with Crippen molar-refractivity contribution in [1.29, 1.82) is 0 Å². The van der Waals surface area contributed by atoms with Crippen molar-refractivity contribution < 1.29 is 79.6 Å². The third kappa shape index (κ3) is 13.5. The van der Waals surface area contributed by atoms with Crippen LogP contribution in [0.3, 0.4) is 0 Å². The third-order valence-electron chi connectivity index (χ3n) is 6.05. The smallest absolute Gasteiger partial charge is 0.870 e. The molecule has 0 saturated carbocycles. The number of amidine groups is 1. The minimum Gasteiger partial charge on any atom is -0.870 e. The zero-order chi connectivity index (χ0) is 38.1. The molecule has 0 aliphatic heterocycles. The Bertz CT molecular complexity index is 2330. The van der Waals surface area contributed by atoms with Crippen LogP contribution in [0.2, 0.25) is 0 Å². The fraction of sp³-hybridized carbons (Fsp3) is 0.208. The van der Waals surface area contributed by atoms with Gasteiger partial charge in [-0.3, -0.25) is 15.2 Å². The van der Waals surface area contributed by atoms with Gasteiger partial charge in [-0.1, -0.05) is 5.16 Å². The predicted octanol–water partition coefficient (Wildman–Crippen LogP) is -2.07. The molecule has 0 radical (unpaired) electrons. The van der Waals surface area contributed by atoms with Crippen molar-refractivity contribution in [3.63, 3.8) is 0 Å². The van der Waals surface area contributed by atoms with Crippen LogP contribution in [0.1, 0.15) is 12.1 Å². The number of halogens is 4. The Balaban J connectivity index is 0.000000361. The normalized spacial score (nSPS) is 11.5. The van der Waals surface area contributed by atoms with Crippen LogP contribution in [-0.2, 0) is 20.2 Å². The van der Waals surface area contributed by atoms with Gasteiger partial charge in [0, 0.05) is 19.6 Å². The van der Waals surface area contributed by atoms with Gasteiger partial charge in [0.05, 0.1) is 26.1 Å². The van der Waals surface area contributed by atoms with Crippen molar-refractivity contribution in [2.24, 2.45) is 15.3 Å². The van der Waals surface area contributed by atoms with Crippen LogP contribution in [-0.4, -0.2) is 89.1 Å². The van der Waals surface area contributed by atoms with E-state index in [2.05, 4.69) is 91.8 Å². The number of hydrogen-bond donors (Lipinski definition) is 7. The van der Waals surface area contributed by atoms with Crippen LogP contribution < -0.4 is 66.4 Å². The number of aromatic nitrogens is 6. The molecule has 5 aromatic rings. The van der Waals surface area contributed by atoms with Gasteiger partial charge in [0.1, 0.15) is 11.6 Å². The Hall–Kier alpha value is -3.75. The van der Waals surface area contributed by atoms with E-state index in [1.54, 1.807) is 0 Å². The summed E-state index contributed by atoms with van der Waals surface area (Å²) in [6.07, 6.45) is 0.210. The molecule has 0 bridgehead atoms. The minimum atomic E-state index is -3.81. The van der Waals surface area contributed by atoms with E-state index in [-0.39, 0.29) is 116 Å². The van der Waals surface area contributed by atoms with Gasteiger partial charge in [0.15, 0.2) is 17.2 Å². The summed E-state index contributed by atoms with van der Waals surface area (Å²) in [6, 6.07) is 7.85. The summed E-state index contributed by atoms with van der Waals surface area (Å²) in [5.41, 5.74) is 2.51. The molecule has 0 amide bonds. The first kappa shape index (κ1) is 46.4. The molecule has 0 spiro atoms. The van der Waals surface area contributed by atoms with Gasteiger partial charge in [-0.15, -0.1) is 0 Å². The molecular formula is C24H26Br2F2N13NaO10S2. The van der Waals surface area contributed by atoms with E-state index in [1.807, 2.05) is 5.48 Å². The van der Waals surface area contributed by atoms with E-state index in [0.717, 1.165) is 10.6 Å². The Morgan fingerprint density at radius 2 is 1.52 bits per heavy atom. The number of nitrogens with zero attached hydrogens (tertiary/aromatic N) is 7. The number of rotatable bonds is 14. The quantitative estimate of drug-likeness (QED) is 0.0207. The number of benzene rings is 2. The van der Waals surface area contributed by atoms with E-state index in [4.69, 9.17) is 10.3 Å². The van der Waals surface area contributed by atoms with Crippen molar-refractivity contribution in [2.45, 2.75) is 6.42 Å². The average Bonchev–Trinajstić information content (AvgIpc) is 3.83. The molecule has 54 heavy (non-hydrogen) atoms. The van der Waals surface area contributed by atoms with Crippen molar-refractivity contribution >= 4 is 75.3 Å². The second-order valence-electron chi connectivity index (χ2n) is 9.81. The maximum atomic E-state index is 13.5. The molecular weight excluding hydrogens is 915 g/mol. The van der Waals surface area contributed by atoms with Gasteiger partial charge in [-0.25, -0.2) is 55.8 Å². The molecule has 0 aliphatic rings. The zero-order valence-electron chi connectivity index (χ0n) is 27.3. The van der Waals surface area contributed by atoms with Gasteiger partial charge in [0.25, 0.3) is 10.2 Å². The SMILES string of the molecule is NS(=O)(=O)CCCNc1nonc1-c1noc(=O)n1-c1ccc(F)c(Br)c1.NS(=O)(=O)NCCNc1nonc1C(=Nc1ccc(F)c(Br)c1)NO.[Na+].[OH-]. The van der Waals surface area contributed by atoms with Crippen molar-refractivity contribution in [3.05, 3.63) is 73.2 Å². The number of nitrogens with one attached hydrogen (secondary N) is 4. The van der Waals surface area contributed by atoms with E-state index >= 15 is 0 Å². The van der Waals surface area contributed by atoms with E-state index in [1.165, 1.54) is 30.3 Å². The van der Waals surface area contributed by atoms with Crippen LogP contribution in [0.15, 0.2) is 68.9 Å². The van der Waals surface area contributed by atoms with Gasteiger partial charge < -0.3 is 16.1 Å². The predicted molar refractivity (Wildman–Crippen MR) is 185 cm³/mol. The Labute approximate surface area is 341 Å². The molecule has 0 aliphatic carbocycles. The first-order valence-corrected chi connectivity index (χ1v) is 18.8. The summed E-state index contributed by atoms with van der Waals surface area (Å²) < 4.78 is 87.5. The summed E-state index contributed by atoms with van der Waals surface area (Å²) in [7, 11) is -7.39. The Morgan fingerprint density at radius 3 is 2.15 bits per heavy atom. The van der Waals surface area contributed by atoms with Crippen molar-refractivity contribution in [2.75, 3.05) is 36.0 Å². The second kappa shape index (κ2) is 20.8. The maximum Gasteiger partial charge on any atom is 1.00 e. The van der Waals surface area contributed by atoms with E-state index in [0.29, 0.717) is 5.69 Å². The Morgan fingerprint density at radius 1 is 0.889 bits per heavy atom. The van der Waals surface area contributed by atoms with Crippen LogP contribution in [0, 0.1) is 11.6 Å². The molecule has 23 nitrogen and oxygen atoms in total. The molecule has 0 unspecified atom stereocenters. The van der Waals surface area contributed by atoms with E-state index in [9.17, 15) is 35.6 Å².